The van der Waals surface area contributed by atoms with E-state index >= 15 is 0 Å². The van der Waals surface area contributed by atoms with Gasteiger partial charge in [-0.3, -0.25) is 4.79 Å². The van der Waals surface area contributed by atoms with Gasteiger partial charge in [-0.1, -0.05) is 30.3 Å². The van der Waals surface area contributed by atoms with E-state index in [0.717, 1.165) is 26.2 Å². The topological polar surface area (TPSA) is 32.9 Å². The van der Waals surface area contributed by atoms with Crippen LogP contribution >= 0.6 is 11.3 Å². The molecule has 0 aliphatic carbocycles. The normalized spacial score (nSPS) is 10.9. The van der Waals surface area contributed by atoms with E-state index in [1.54, 1.807) is 11.3 Å². The summed E-state index contributed by atoms with van der Waals surface area (Å²) in [4.78, 5) is 16.0. The average Bonchev–Trinajstić information content (AvgIpc) is 2.71. The van der Waals surface area contributed by atoms with Crippen LogP contribution in [-0.4, -0.2) is 4.98 Å². The van der Waals surface area contributed by atoms with Crippen molar-refractivity contribution in [3.05, 3.63) is 57.7 Å². The molecule has 0 bridgehead atoms. The number of nitrogens with one attached hydrogen (secondary N) is 1. The van der Waals surface area contributed by atoms with Crippen LogP contribution in [0.4, 0.5) is 0 Å². The highest BCUT2D eigenvalue weighted by Gasteiger charge is 2.06. The van der Waals surface area contributed by atoms with Gasteiger partial charge in [-0.2, -0.15) is 0 Å². The monoisotopic (exact) mass is 241 g/mol. The maximum atomic E-state index is 11.9. The Labute approximate surface area is 103 Å². The molecule has 2 aromatic heterocycles. The SMILES string of the molecule is Cc1cc2c(=O)[nH]c(-c3ccccc3)cc2s1. The fourth-order valence-corrected chi connectivity index (χ4v) is 2.91. The number of fused-ring (bicyclic) bond motifs is 1. The molecule has 0 unspecified atom stereocenters. The van der Waals surface area contributed by atoms with Crippen LogP contribution in [0.25, 0.3) is 21.3 Å². The third-order valence-corrected chi connectivity index (χ3v) is 3.73. The molecule has 3 rings (SSSR count). The summed E-state index contributed by atoms with van der Waals surface area (Å²) in [6, 6.07) is 13.9. The highest BCUT2D eigenvalue weighted by Crippen LogP contribution is 2.25. The summed E-state index contributed by atoms with van der Waals surface area (Å²) >= 11 is 1.66. The van der Waals surface area contributed by atoms with Crippen LogP contribution in [0, 0.1) is 6.92 Å². The molecule has 2 nitrogen and oxygen atoms in total. The Kier molecular flexibility index (Phi) is 2.34. The maximum absolute atomic E-state index is 11.9. The largest absolute Gasteiger partial charge is 0.321 e. The molecule has 0 atom stereocenters. The molecule has 3 aromatic rings. The molecule has 17 heavy (non-hydrogen) atoms. The van der Waals surface area contributed by atoms with Crippen molar-refractivity contribution in [3.8, 4) is 11.3 Å². The van der Waals surface area contributed by atoms with E-state index in [1.165, 1.54) is 0 Å². The second-order valence-corrected chi connectivity index (χ2v) is 5.30. The van der Waals surface area contributed by atoms with Crippen LogP contribution < -0.4 is 5.56 Å². The second-order valence-electron chi connectivity index (χ2n) is 4.01. The summed E-state index contributed by atoms with van der Waals surface area (Å²) in [7, 11) is 0. The van der Waals surface area contributed by atoms with Gasteiger partial charge in [0.05, 0.1) is 5.39 Å². The Morgan fingerprint density at radius 2 is 1.88 bits per heavy atom. The van der Waals surface area contributed by atoms with Crippen LogP contribution in [0.1, 0.15) is 4.88 Å². The van der Waals surface area contributed by atoms with Crippen molar-refractivity contribution >= 4 is 21.4 Å². The van der Waals surface area contributed by atoms with Gasteiger partial charge < -0.3 is 4.98 Å². The summed E-state index contributed by atoms with van der Waals surface area (Å²) in [5.41, 5.74) is 1.91. The van der Waals surface area contributed by atoms with Crippen molar-refractivity contribution in [3.63, 3.8) is 0 Å². The van der Waals surface area contributed by atoms with E-state index in [-0.39, 0.29) is 5.56 Å². The summed E-state index contributed by atoms with van der Waals surface area (Å²) < 4.78 is 1.05. The minimum atomic E-state index is -0.00861. The average molecular weight is 241 g/mol. The lowest BCUT2D eigenvalue weighted by Crippen LogP contribution is -2.05. The summed E-state index contributed by atoms with van der Waals surface area (Å²) in [6.07, 6.45) is 0. The standard InChI is InChI=1S/C14H11NOS/c1-9-7-11-13(17-9)8-12(15-14(11)16)10-5-3-2-4-6-10/h2-8H,1H3,(H,15,16). The van der Waals surface area contributed by atoms with E-state index in [2.05, 4.69) is 4.98 Å². The number of thiophene rings is 1. The molecule has 0 amide bonds. The third-order valence-electron chi connectivity index (χ3n) is 2.74. The van der Waals surface area contributed by atoms with Crippen molar-refractivity contribution in [2.24, 2.45) is 0 Å². The van der Waals surface area contributed by atoms with E-state index in [9.17, 15) is 4.79 Å². The molecule has 0 radical (unpaired) electrons. The number of benzene rings is 1. The molecule has 0 aliphatic rings. The zero-order chi connectivity index (χ0) is 11.8. The van der Waals surface area contributed by atoms with Gasteiger partial charge in [-0.15, -0.1) is 11.3 Å². The number of rotatable bonds is 1. The van der Waals surface area contributed by atoms with Crippen LogP contribution in [0.3, 0.4) is 0 Å². The fourth-order valence-electron chi connectivity index (χ4n) is 1.95. The van der Waals surface area contributed by atoms with Gasteiger partial charge in [0.1, 0.15) is 0 Å². The zero-order valence-electron chi connectivity index (χ0n) is 9.36. The highest BCUT2D eigenvalue weighted by atomic mass is 32.1. The molecule has 1 N–H and O–H groups in total. The molecular formula is C14H11NOS. The van der Waals surface area contributed by atoms with Gasteiger partial charge in [-0.25, -0.2) is 0 Å². The molecule has 0 saturated heterocycles. The van der Waals surface area contributed by atoms with Crippen molar-refractivity contribution in [1.82, 2.24) is 4.98 Å². The first-order chi connectivity index (χ1) is 8.24. The first-order valence-corrected chi connectivity index (χ1v) is 6.24. The van der Waals surface area contributed by atoms with Gasteiger partial charge in [0, 0.05) is 15.3 Å². The first-order valence-electron chi connectivity index (χ1n) is 5.43. The molecule has 0 spiro atoms. The Bertz CT molecular complexity index is 725. The van der Waals surface area contributed by atoms with Crippen molar-refractivity contribution in [1.29, 1.82) is 0 Å². The number of pyridine rings is 1. The molecule has 84 valence electrons. The summed E-state index contributed by atoms with van der Waals surface area (Å²) in [5.74, 6) is 0. The molecule has 0 fully saturated rings. The lowest BCUT2D eigenvalue weighted by molar-refractivity contribution is 1.28. The quantitative estimate of drug-likeness (QED) is 0.694. The molecular weight excluding hydrogens is 230 g/mol. The molecule has 0 aliphatic heterocycles. The molecule has 0 saturated carbocycles. The van der Waals surface area contributed by atoms with Gasteiger partial charge in [-0.05, 0) is 24.6 Å². The van der Waals surface area contributed by atoms with E-state index in [1.807, 2.05) is 49.4 Å². The fraction of sp³-hybridized carbons (Fsp3) is 0.0714. The summed E-state index contributed by atoms with van der Waals surface area (Å²) in [5, 5.41) is 0.784. The Morgan fingerprint density at radius 3 is 2.65 bits per heavy atom. The molecule has 1 aromatic carbocycles. The number of aromatic nitrogens is 1. The summed E-state index contributed by atoms with van der Waals surface area (Å²) in [6.45, 7) is 2.02. The van der Waals surface area contributed by atoms with Gasteiger partial charge in [0.25, 0.3) is 5.56 Å². The smallest absolute Gasteiger partial charge is 0.257 e. The number of H-pyrrole nitrogens is 1. The van der Waals surface area contributed by atoms with Gasteiger partial charge >= 0.3 is 0 Å². The number of aromatic amines is 1. The van der Waals surface area contributed by atoms with Crippen LogP contribution in [-0.2, 0) is 0 Å². The number of hydrogen-bond acceptors (Lipinski definition) is 2. The third kappa shape index (κ3) is 1.78. The first kappa shape index (κ1) is 10.3. The van der Waals surface area contributed by atoms with E-state index < -0.39 is 0 Å². The number of hydrogen-bond donors (Lipinski definition) is 1. The van der Waals surface area contributed by atoms with Crippen LogP contribution in [0.15, 0.2) is 47.3 Å². The van der Waals surface area contributed by atoms with Crippen LogP contribution in [0.2, 0.25) is 0 Å². The maximum Gasteiger partial charge on any atom is 0.257 e. The second kappa shape index (κ2) is 3.86. The van der Waals surface area contributed by atoms with Gasteiger partial charge in [0.2, 0.25) is 0 Å². The minimum absolute atomic E-state index is 0.00861. The van der Waals surface area contributed by atoms with Crippen molar-refractivity contribution < 1.29 is 0 Å². The Hall–Kier alpha value is -1.87. The van der Waals surface area contributed by atoms with E-state index in [4.69, 9.17) is 0 Å². The highest BCUT2D eigenvalue weighted by molar-refractivity contribution is 7.19. The predicted octanol–water partition coefficient (Wildman–Crippen LogP) is 3.57. The predicted molar refractivity (Wildman–Crippen MR) is 72.6 cm³/mol. The molecule has 3 heteroatoms. The van der Waals surface area contributed by atoms with Gasteiger partial charge in [0.15, 0.2) is 0 Å². The van der Waals surface area contributed by atoms with Crippen molar-refractivity contribution in [2.45, 2.75) is 6.92 Å². The zero-order valence-corrected chi connectivity index (χ0v) is 10.2. The van der Waals surface area contributed by atoms with E-state index in [0.29, 0.717) is 0 Å². The lowest BCUT2D eigenvalue weighted by atomic mass is 10.1. The minimum Gasteiger partial charge on any atom is -0.321 e. The number of aryl methyl sites for hydroxylation is 1. The Morgan fingerprint density at radius 1 is 1.12 bits per heavy atom. The van der Waals surface area contributed by atoms with Crippen molar-refractivity contribution in [2.75, 3.05) is 0 Å². The lowest BCUT2D eigenvalue weighted by Gasteiger charge is -2.00. The molecule has 2 heterocycles. The van der Waals surface area contributed by atoms with Crippen LogP contribution in [0.5, 0.6) is 0 Å². The Balaban J connectivity index is 2.29.